The van der Waals surface area contributed by atoms with E-state index in [0.717, 1.165) is 82.2 Å². The summed E-state index contributed by atoms with van der Waals surface area (Å²) in [4.78, 5) is 25.4. The van der Waals surface area contributed by atoms with Gasteiger partial charge in [-0.3, -0.25) is 14.3 Å². The number of nitrogens with zero attached hydrogens (tertiary/aromatic N) is 4. The van der Waals surface area contributed by atoms with Gasteiger partial charge in [0, 0.05) is 24.7 Å². The molecule has 12 nitrogen and oxygen atoms in total. The average molecular weight is 606 g/mol. The van der Waals surface area contributed by atoms with Crippen LogP contribution in [-0.4, -0.2) is 73.8 Å². The van der Waals surface area contributed by atoms with Crippen molar-refractivity contribution in [1.82, 2.24) is 30.0 Å². The minimum Gasteiger partial charge on any atom is -0.489 e. The first kappa shape index (κ1) is 29.1. The van der Waals surface area contributed by atoms with Crippen molar-refractivity contribution in [3.63, 3.8) is 0 Å². The molecular formula is C32H43N7O5. The van der Waals surface area contributed by atoms with Gasteiger partial charge in [0.15, 0.2) is 0 Å². The Hall–Kier alpha value is -3.64. The van der Waals surface area contributed by atoms with Gasteiger partial charge < -0.3 is 30.9 Å². The van der Waals surface area contributed by atoms with Gasteiger partial charge in [0.05, 0.1) is 28.6 Å². The molecule has 3 aliphatic carbocycles. The predicted octanol–water partition coefficient (Wildman–Crippen LogP) is 2.78. The molecule has 44 heavy (non-hydrogen) atoms. The second-order valence-electron chi connectivity index (χ2n) is 14.2. The Balaban J connectivity index is 0.938. The topological polar surface area (TPSA) is 158 Å². The first-order valence-corrected chi connectivity index (χ1v) is 16.0. The number of aliphatic hydroxyl groups is 1. The molecule has 0 radical (unpaired) electrons. The lowest BCUT2D eigenvalue weighted by molar-refractivity contribution is -0.0849. The SMILES string of the molecule is CC(C)(O)COc1ccc2c(C(=O)NC3CC4(C3)CC(Oc3nn(CC5CCNCC5)cc3C(N)=O)C4)cnn2c1C1CC1. The third-order valence-corrected chi connectivity index (χ3v) is 9.66. The first-order valence-electron chi connectivity index (χ1n) is 16.0. The van der Waals surface area contributed by atoms with Crippen molar-refractivity contribution >= 4 is 17.3 Å². The summed E-state index contributed by atoms with van der Waals surface area (Å²) in [7, 11) is 0. The maximum atomic E-state index is 13.3. The molecule has 4 heterocycles. The Morgan fingerprint density at radius 3 is 2.57 bits per heavy atom. The smallest absolute Gasteiger partial charge is 0.255 e. The van der Waals surface area contributed by atoms with Crippen molar-refractivity contribution in [2.24, 2.45) is 17.1 Å². The van der Waals surface area contributed by atoms with E-state index in [4.69, 9.17) is 15.2 Å². The van der Waals surface area contributed by atoms with Gasteiger partial charge in [-0.2, -0.15) is 5.10 Å². The van der Waals surface area contributed by atoms with Crippen LogP contribution in [0, 0.1) is 11.3 Å². The van der Waals surface area contributed by atoms with Gasteiger partial charge in [-0.05, 0) is 102 Å². The predicted molar refractivity (Wildman–Crippen MR) is 162 cm³/mol. The number of primary amides is 1. The van der Waals surface area contributed by atoms with Crippen LogP contribution in [0.3, 0.4) is 0 Å². The average Bonchev–Trinajstić information content (AvgIpc) is 3.55. The largest absolute Gasteiger partial charge is 0.489 e. The highest BCUT2D eigenvalue weighted by Crippen LogP contribution is 2.57. The standard InChI is InChI=1S/C32H43N7O5/c1-31(2,42)18-43-26-6-5-25-23(15-35-39(25)27(26)20-3-4-20)29(41)36-21-11-32(12-21)13-22(14-32)44-30-24(28(33)40)17-38(37-30)16-19-7-9-34-10-8-19/h5-6,15,17,19-22,34,42H,3-4,7-14,16,18H2,1-2H3,(H2,33,40)(H,36,41). The van der Waals surface area contributed by atoms with Crippen molar-refractivity contribution in [2.75, 3.05) is 19.7 Å². The van der Waals surface area contributed by atoms with Gasteiger partial charge in [-0.15, -0.1) is 5.10 Å². The number of aromatic nitrogens is 4. The zero-order chi connectivity index (χ0) is 30.6. The fourth-order valence-corrected chi connectivity index (χ4v) is 7.25. The Labute approximate surface area is 256 Å². The van der Waals surface area contributed by atoms with Crippen molar-refractivity contribution in [1.29, 1.82) is 0 Å². The minimum atomic E-state index is -0.945. The number of hydrogen-bond acceptors (Lipinski definition) is 8. The summed E-state index contributed by atoms with van der Waals surface area (Å²) in [6, 6.07) is 3.86. The molecule has 5 N–H and O–H groups in total. The number of carbonyl (C=O) groups is 2. The number of nitrogens with two attached hydrogens (primary N) is 1. The lowest BCUT2D eigenvalue weighted by atomic mass is 9.53. The van der Waals surface area contributed by atoms with Gasteiger partial charge in [0.1, 0.15) is 24.0 Å². The van der Waals surface area contributed by atoms with Crippen LogP contribution in [0.2, 0.25) is 0 Å². The summed E-state index contributed by atoms with van der Waals surface area (Å²) < 4.78 is 15.8. The Morgan fingerprint density at radius 2 is 1.89 bits per heavy atom. The van der Waals surface area contributed by atoms with Gasteiger partial charge >= 0.3 is 0 Å². The van der Waals surface area contributed by atoms with E-state index in [1.54, 1.807) is 26.2 Å². The molecule has 12 heteroatoms. The van der Waals surface area contributed by atoms with Crippen molar-refractivity contribution in [2.45, 2.75) is 95.4 Å². The van der Waals surface area contributed by atoms with Crippen molar-refractivity contribution < 1.29 is 24.2 Å². The molecular weight excluding hydrogens is 562 g/mol. The second kappa shape index (κ2) is 11.1. The van der Waals surface area contributed by atoms with Crippen LogP contribution < -0.4 is 25.8 Å². The summed E-state index contributed by atoms with van der Waals surface area (Å²) in [5.41, 5.74) is 7.47. The van der Waals surface area contributed by atoms with E-state index >= 15 is 0 Å². The molecule has 2 amide bonds. The molecule has 1 aliphatic heterocycles. The summed E-state index contributed by atoms with van der Waals surface area (Å²) in [5, 5.41) is 25.9. The molecule has 4 fully saturated rings. The quantitative estimate of drug-likeness (QED) is 0.260. The molecule has 0 aromatic carbocycles. The van der Waals surface area contributed by atoms with E-state index < -0.39 is 11.5 Å². The Kier molecular flexibility index (Phi) is 7.31. The van der Waals surface area contributed by atoms with E-state index in [-0.39, 0.29) is 30.1 Å². The zero-order valence-corrected chi connectivity index (χ0v) is 25.6. The Morgan fingerprint density at radius 1 is 1.14 bits per heavy atom. The summed E-state index contributed by atoms with van der Waals surface area (Å²) in [6.07, 6.45) is 11.2. The van der Waals surface area contributed by atoms with Gasteiger partial charge in [-0.1, -0.05) is 0 Å². The van der Waals surface area contributed by atoms with E-state index in [1.807, 2.05) is 21.3 Å². The Bertz CT molecular complexity index is 1550. The molecule has 1 saturated heterocycles. The number of nitrogens with one attached hydrogen (secondary N) is 2. The van der Waals surface area contributed by atoms with Crippen LogP contribution in [0.5, 0.6) is 11.6 Å². The normalized spacial score (nSPS) is 25.4. The highest BCUT2D eigenvalue weighted by atomic mass is 16.5. The number of rotatable bonds is 11. The first-order chi connectivity index (χ1) is 21.1. The molecule has 3 aromatic heterocycles. The van der Waals surface area contributed by atoms with E-state index in [1.165, 1.54) is 0 Å². The molecule has 236 valence electrons. The molecule has 7 rings (SSSR count). The molecule has 0 atom stereocenters. The zero-order valence-electron chi connectivity index (χ0n) is 25.6. The van der Waals surface area contributed by atoms with Crippen LogP contribution in [0.25, 0.3) is 5.52 Å². The molecule has 0 unspecified atom stereocenters. The van der Waals surface area contributed by atoms with Crippen LogP contribution in [-0.2, 0) is 6.54 Å². The van der Waals surface area contributed by atoms with E-state index in [0.29, 0.717) is 34.6 Å². The van der Waals surface area contributed by atoms with Crippen LogP contribution in [0.4, 0.5) is 0 Å². The van der Waals surface area contributed by atoms with E-state index in [2.05, 4.69) is 20.8 Å². The lowest BCUT2D eigenvalue weighted by Crippen LogP contribution is -2.58. The molecule has 3 aromatic rings. The van der Waals surface area contributed by atoms with Gasteiger partial charge in [0.25, 0.3) is 11.8 Å². The third kappa shape index (κ3) is 5.89. The maximum absolute atomic E-state index is 13.3. The molecule has 1 spiro atoms. The monoisotopic (exact) mass is 605 g/mol. The number of hydrogen-bond donors (Lipinski definition) is 4. The van der Waals surface area contributed by atoms with Crippen molar-refractivity contribution in [3.05, 3.63) is 41.3 Å². The van der Waals surface area contributed by atoms with Crippen molar-refractivity contribution in [3.8, 4) is 11.6 Å². The van der Waals surface area contributed by atoms with Crippen LogP contribution in [0.15, 0.2) is 24.5 Å². The highest BCUT2D eigenvalue weighted by molar-refractivity contribution is 6.01. The molecule has 0 bridgehead atoms. The van der Waals surface area contributed by atoms with Gasteiger partial charge in [-0.25, -0.2) is 4.52 Å². The summed E-state index contributed by atoms with van der Waals surface area (Å²) in [5.74, 6) is 1.26. The van der Waals surface area contributed by atoms with E-state index in [9.17, 15) is 14.7 Å². The van der Waals surface area contributed by atoms with Crippen LogP contribution >= 0.6 is 0 Å². The summed E-state index contributed by atoms with van der Waals surface area (Å²) in [6.45, 7) is 6.37. The minimum absolute atomic E-state index is 0.0136. The number of fused-ring (bicyclic) bond motifs is 1. The molecule has 3 saturated carbocycles. The number of pyridine rings is 1. The maximum Gasteiger partial charge on any atom is 0.255 e. The fraction of sp³-hybridized carbons (Fsp3) is 0.625. The second-order valence-corrected chi connectivity index (χ2v) is 14.2. The lowest BCUT2D eigenvalue weighted by Gasteiger charge is -2.57. The number of amides is 2. The summed E-state index contributed by atoms with van der Waals surface area (Å²) >= 11 is 0. The third-order valence-electron chi connectivity index (χ3n) is 9.66. The van der Waals surface area contributed by atoms with Gasteiger partial charge in [0.2, 0.25) is 5.88 Å². The molecule has 4 aliphatic rings. The highest BCUT2D eigenvalue weighted by Gasteiger charge is 2.54. The number of ether oxygens (including phenoxy) is 2. The number of piperidine rings is 1. The van der Waals surface area contributed by atoms with Crippen LogP contribution in [0.1, 0.15) is 97.5 Å². The fourth-order valence-electron chi connectivity index (χ4n) is 7.25. The number of carbonyl (C=O) groups excluding carboxylic acids is 2.